The largest absolute Gasteiger partial charge is 0.355 e. The Hall–Kier alpha value is -1.82. The number of nitrogens with zero attached hydrogens (tertiary/aromatic N) is 2. The second kappa shape index (κ2) is 7.83. The van der Waals surface area contributed by atoms with E-state index in [1.807, 2.05) is 44.2 Å². The van der Waals surface area contributed by atoms with Crippen LogP contribution in [0.1, 0.15) is 26.2 Å². The molecule has 0 aliphatic carbocycles. The summed E-state index contributed by atoms with van der Waals surface area (Å²) in [7, 11) is 0. The minimum atomic E-state index is -0.136. The fourth-order valence-electron chi connectivity index (χ4n) is 1.68. The van der Waals surface area contributed by atoms with Gasteiger partial charge in [0, 0.05) is 12.1 Å². The zero-order valence-corrected chi connectivity index (χ0v) is 13.0. The smallest absolute Gasteiger partial charge is 0.236 e. The molecule has 2 rings (SSSR count). The lowest BCUT2D eigenvalue weighted by Crippen LogP contribution is -2.31. The van der Waals surface area contributed by atoms with Crippen LogP contribution in [0.4, 0.5) is 0 Å². The van der Waals surface area contributed by atoms with Crippen LogP contribution in [0.5, 0.6) is 0 Å². The van der Waals surface area contributed by atoms with Crippen LogP contribution in [-0.4, -0.2) is 27.8 Å². The zero-order valence-electron chi connectivity index (χ0n) is 12.2. The summed E-state index contributed by atoms with van der Waals surface area (Å²) in [5, 5.41) is 6.70. The Morgan fingerprint density at radius 3 is 2.86 bits per heavy atom. The lowest BCUT2D eigenvalue weighted by molar-refractivity contribution is -0.120. The highest BCUT2D eigenvalue weighted by Gasteiger charge is 2.15. The van der Waals surface area contributed by atoms with E-state index in [9.17, 15) is 4.79 Å². The third-order valence-corrected chi connectivity index (χ3v) is 4.00. The first-order valence-corrected chi connectivity index (χ1v) is 8.03. The average Bonchev–Trinajstić information content (AvgIpc) is 3.00. The molecule has 1 aromatic heterocycles. The minimum absolute atomic E-state index is 0.0460. The van der Waals surface area contributed by atoms with Crippen molar-refractivity contribution in [3.8, 4) is 11.4 Å². The molecule has 5 nitrogen and oxygen atoms in total. The third kappa shape index (κ3) is 4.60. The SMILES string of the molecule is CCCNC(=O)[C@H](C)SCc1nc(-c2ccccc2)no1. The Bertz CT molecular complexity index is 571. The molecule has 0 unspecified atom stereocenters. The van der Waals surface area contributed by atoms with Gasteiger partial charge < -0.3 is 9.84 Å². The van der Waals surface area contributed by atoms with E-state index in [2.05, 4.69) is 15.5 Å². The van der Waals surface area contributed by atoms with Crippen LogP contribution >= 0.6 is 11.8 Å². The highest BCUT2D eigenvalue weighted by Crippen LogP contribution is 2.20. The van der Waals surface area contributed by atoms with Crippen LogP contribution in [0, 0.1) is 0 Å². The van der Waals surface area contributed by atoms with Crippen molar-refractivity contribution < 1.29 is 9.32 Å². The van der Waals surface area contributed by atoms with Gasteiger partial charge >= 0.3 is 0 Å². The summed E-state index contributed by atoms with van der Waals surface area (Å²) in [6.45, 7) is 4.62. The van der Waals surface area contributed by atoms with Crippen molar-refractivity contribution in [1.29, 1.82) is 0 Å². The van der Waals surface area contributed by atoms with E-state index in [1.54, 1.807) is 0 Å². The number of hydrogen-bond acceptors (Lipinski definition) is 5. The Kier molecular flexibility index (Phi) is 5.80. The lowest BCUT2D eigenvalue weighted by atomic mass is 10.2. The van der Waals surface area contributed by atoms with Crippen molar-refractivity contribution in [2.45, 2.75) is 31.3 Å². The van der Waals surface area contributed by atoms with Gasteiger partial charge in [-0.1, -0.05) is 42.4 Å². The fraction of sp³-hybridized carbons (Fsp3) is 0.400. The first-order chi connectivity index (χ1) is 10.2. The summed E-state index contributed by atoms with van der Waals surface area (Å²) >= 11 is 1.49. The van der Waals surface area contributed by atoms with Crippen molar-refractivity contribution in [2.24, 2.45) is 0 Å². The zero-order chi connectivity index (χ0) is 15.1. The number of thioether (sulfide) groups is 1. The molecule has 0 spiro atoms. The maximum absolute atomic E-state index is 11.8. The maximum atomic E-state index is 11.8. The molecule has 1 N–H and O–H groups in total. The molecule has 0 saturated carbocycles. The summed E-state index contributed by atoms with van der Waals surface area (Å²) in [5.41, 5.74) is 0.922. The predicted octanol–water partition coefficient (Wildman–Crippen LogP) is 2.88. The molecule has 21 heavy (non-hydrogen) atoms. The van der Waals surface area contributed by atoms with E-state index >= 15 is 0 Å². The van der Waals surface area contributed by atoms with Crippen molar-refractivity contribution in [3.63, 3.8) is 0 Å². The Balaban J connectivity index is 1.87. The quantitative estimate of drug-likeness (QED) is 0.852. The number of amides is 1. The van der Waals surface area contributed by atoms with Gasteiger partial charge in [-0.25, -0.2) is 0 Å². The molecule has 0 aliphatic heterocycles. The molecule has 1 heterocycles. The number of hydrogen-bond donors (Lipinski definition) is 1. The van der Waals surface area contributed by atoms with E-state index in [0.29, 0.717) is 24.0 Å². The van der Waals surface area contributed by atoms with Crippen LogP contribution in [0.2, 0.25) is 0 Å². The normalized spacial score (nSPS) is 12.1. The molecular weight excluding hydrogens is 286 g/mol. The van der Waals surface area contributed by atoms with E-state index in [-0.39, 0.29) is 11.2 Å². The highest BCUT2D eigenvalue weighted by molar-refractivity contribution is 7.99. The van der Waals surface area contributed by atoms with Gasteiger partial charge in [-0.3, -0.25) is 4.79 Å². The summed E-state index contributed by atoms with van der Waals surface area (Å²) in [6.07, 6.45) is 0.938. The predicted molar refractivity (Wildman–Crippen MR) is 83.8 cm³/mol. The van der Waals surface area contributed by atoms with Crippen LogP contribution in [-0.2, 0) is 10.5 Å². The summed E-state index contributed by atoms with van der Waals surface area (Å²) < 4.78 is 5.22. The second-order valence-electron chi connectivity index (χ2n) is 4.62. The van der Waals surface area contributed by atoms with Crippen molar-refractivity contribution in [2.75, 3.05) is 6.54 Å². The molecule has 1 atom stereocenters. The van der Waals surface area contributed by atoms with Crippen LogP contribution in [0.3, 0.4) is 0 Å². The number of carbonyl (C=O) groups is 1. The molecule has 6 heteroatoms. The molecule has 0 bridgehead atoms. The van der Waals surface area contributed by atoms with Gasteiger partial charge in [0.25, 0.3) is 0 Å². The van der Waals surface area contributed by atoms with Crippen LogP contribution in [0.15, 0.2) is 34.9 Å². The van der Waals surface area contributed by atoms with E-state index in [0.717, 1.165) is 12.0 Å². The maximum Gasteiger partial charge on any atom is 0.236 e. The molecule has 0 saturated heterocycles. The van der Waals surface area contributed by atoms with Crippen LogP contribution < -0.4 is 5.32 Å². The number of benzene rings is 1. The van der Waals surface area contributed by atoms with Gasteiger partial charge in [-0.2, -0.15) is 4.98 Å². The summed E-state index contributed by atoms with van der Waals surface area (Å²) in [6, 6.07) is 9.67. The molecule has 1 aromatic carbocycles. The van der Waals surface area contributed by atoms with Gasteiger partial charge in [0.15, 0.2) is 0 Å². The average molecular weight is 305 g/mol. The highest BCUT2D eigenvalue weighted by atomic mass is 32.2. The Morgan fingerprint density at radius 1 is 1.38 bits per heavy atom. The van der Waals surface area contributed by atoms with Crippen LogP contribution in [0.25, 0.3) is 11.4 Å². The second-order valence-corrected chi connectivity index (χ2v) is 5.95. The van der Waals surface area contributed by atoms with Gasteiger partial charge in [0.2, 0.25) is 17.6 Å². The van der Waals surface area contributed by atoms with Gasteiger partial charge in [-0.05, 0) is 13.3 Å². The van der Waals surface area contributed by atoms with Crippen molar-refractivity contribution in [3.05, 3.63) is 36.2 Å². The van der Waals surface area contributed by atoms with Gasteiger partial charge in [-0.15, -0.1) is 11.8 Å². The van der Waals surface area contributed by atoms with Gasteiger partial charge in [0.05, 0.1) is 11.0 Å². The molecular formula is C15H19N3O2S. The Labute approximate surface area is 128 Å². The third-order valence-electron chi connectivity index (χ3n) is 2.88. The molecule has 112 valence electrons. The first-order valence-electron chi connectivity index (χ1n) is 6.98. The number of rotatable bonds is 7. The summed E-state index contributed by atoms with van der Waals surface area (Å²) in [5.74, 6) is 1.69. The van der Waals surface area contributed by atoms with Crippen molar-refractivity contribution in [1.82, 2.24) is 15.5 Å². The Morgan fingerprint density at radius 2 is 2.14 bits per heavy atom. The monoisotopic (exact) mass is 305 g/mol. The molecule has 2 aromatic rings. The molecule has 0 aliphatic rings. The lowest BCUT2D eigenvalue weighted by Gasteiger charge is -2.09. The van der Waals surface area contributed by atoms with E-state index < -0.39 is 0 Å². The van der Waals surface area contributed by atoms with Gasteiger partial charge in [0.1, 0.15) is 0 Å². The molecule has 0 radical (unpaired) electrons. The standard InChI is InChI=1S/C15H19N3O2S/c1-3-9-16-15(19)11(2)21-10-13-17-14(18-20-13)12-7-5-4-6-8-12/h4-8,11H,3,9-10H2,1-2H3,(H,16,19)/t11-/m0/s1. The number of aromatic nitrogens is 2. The molecule has 1 amide bonds. The number of carbonyl (C=O) groups excluding carboxylic acids is 1. The molecule has 0 fully saturated rings. The summed E-state index contributed by atoms with van der Waals surface area (Å²) in [4.78, 5) is 16.1. The minimum Gasteiger partial charge on any atom is -0.355 e. The topological polar surface area (TPSA) is 68.0 Å². The number of nitrogens with one attached hydrogen (secondary N) is 1. The fourth-order valence-corrected chi connectivity index (χ4v) is 2.43. The first kappa shape index (κ1) is 15.6. The van der Waals surface area contributed by atoms with E-state index in [1.165, 1.54) is 11.8 Å². The van der Waals surface area contributed by atoms with Crippen molar-refractivity contribution >= 4 is 17.7 Å². The van der Waals surface area contributed by atoms with E-state index in [4.69, 9.17) is 4.52 Å².